The van der Waals surface area contributed by atoms with E-state index in [9.17, 15) is 4.79 Å². The second kappa shape index (κ2) is 5.86. The van der Waals surface area contributed by atoms with Gasteiger partial charge in [-0.05, 0) is 32.6 Å². The molecule has 0 saturated carbocycles. The summed E-state index contributed by atoms with van der Waals surface area (Å²) in [4.78, 5) is 12.0. The Kier molecular flexibility index (Phi) is 4.74. The lowest BCUT2D eigenvalue weighted by atomic mass is 9.96. The fourth-order valence-corrected chi connectivity index (χ4v) is 1.74. The van der Waals surface area contributed by atoms with Crippen molar-refractivity contribution in [1.82, 2.24) is 5.32 Å². The summed E-state index contributed by atoms with van der Waals surface area (Å²) in [5.74, 6) is -0.190. The standard InChI is InChI=1S/C11H21N3O3/c1-3-11(2,10(12)14-16)13-9(15)8-6-4-5-7-17-8/h8,16H,3-7H2,1-2H3,(H2,12,14)(H,13,15). The predicted octanol–water partition coefficient (Wildman–Crippen LogP) is 0.587. The van der Waals surface area contributed by atoms with Crippen molar-refractivity contribution in [3.63, 3.8) is 0 Å². The molecular formula is C11H21N3O3. The molecule has 1 heterocycles. The van der Waals surface area contributed by atoms with E-state index >= 15 is 0 Å². The second-order valence-corrected chi connectivity index (χ2v) is 4.52. The molecule has 1 saturated heterocycles. The van der Waals surface area contributed by atoms with Crippen LogP contribution in [0.15, 0.2) is 5.16 Å². The van der Waals surface area contributed by atoms with E-state index in [-0.39, 0.29) is 11.7 Å². The van der Waals surface area contributed by atoms with Crippen molar-refractivity contribution in [2.45, 2.75) is 51.2 Å². The maximum Gasteiger partial charge on any atom is 0.249 e. The molecule has 0 radical (unpaired) electrons. The number of carbonyl (C=O) groups excluding carboxylic acids is 1. The van der Waals surface area contributed by atoms with Crippen molar-refractivity contribution in [3.8, 4) is 0 Å². The molecule has 17 heavy (non-hydrogen) atoms. The molecule has 0 bridgehead atoms. The Labute approximate surface area is 101 Å². The van der Waals surface area contributed by atoms with Gasteiger partial charge in [-0.25, -0.2) is 0 Å². The Morgan fingerprint density at radius 1 is 1.65 bits per heavy atom. The number of hydrogen-bond donors (Lipinski definition) is 3. The Morgan fingerprint density at radius 3 is 2.82 bits per heavy atom. The van der Waals surface area contributed by atoms with Crippen molar-refractivity contribution in [3.05, 3.63) is 0 Å². The fraction of sp³-hybridized carbons (Fsp3) is 0.818. The lowest BCUT2D eigenvalue weighted by Gasteiger charge is -2.31. The predicted molar refractivity (Wildman–Crippen MR) is 63.8 cm³/mol. The zero-order valence-electron chi connectivity index (χ0n) is 10.4. The highest BCUT2D eigenvalue weighted by atomic mass is 16.5. The first-order valence-electron chi connectivity index (χ1n) is 5.95. The molecule has 1 rings (SSSR count). The minimum absolute atomic E-state index is 0.00385. The Balaban J connectivity index is 2.64. The van der Waals surface area contributed by atoms with Crippen molar-refractivity contribution < 1.29 is 14.7 Å². The molecular weight excluding hydrogens is 222 g/mol. The molecule has 1 aliphatic heterocycles. The fourth-order valence-electron chi connectivity index (χ4n) is 1.74. The van der Waals surface area contributed by atoms with Gasteiger partial charge in [0.2, 0.25) is 5.91 Å². The number of carbonyl (C=O) groups is 1. The summed E-state index contributed by atoms with van der Waals surface area (Å²) in [6.07, 6.45) is 2.84. The van der Waals surface area contributed by atoms with Gasteiger partial charge in [0.1, 0.15) is 6.10 Å². The number of nitrogens with one attached hydrogen (secondary N) is 1. The molecule has 2 unspecified atom stereocenters. The highest BCUT2D eigenvalue weighted by molar-refractivity contribution is 5.94. The van der Waals surface area contributed by atoms with Gasteiger partial charge in [0, 0.05) is 6.61 Å². The number of nitrogens with two attached hydrogens (primary N) is 1. The number of oxime groups is 1. The van der Waals surface area contributed by atoms with Crippen LogP contribution in [0.5, 0.6) is 0 Å². The third-order valence-corrected chi connectivity index (χ3v) is 3.25. The van der Waals surface area contributed by atoms with E-state index in [1.54, 1.807) is 6.92 Å². The maximum absolute atomic E-state index is 12.0. The smallest absolute Gasteiger partial charge is 0.249 e. The number of ether oxygens (including phenoxy) is 1. The molecule has 98 valence electrons. The van der Waals surface area contributed by atoms with E-state index in [1.807, 2.05) is 6.92 Å². The topological polar surface area (TPSA) is 96.9 Å². The average Bonchev–Trinajstić information content (AvgIpc) is 2.38. The molecule has 1 fully saturated rings. The van der Waals surface area contributed by atoms with Crippen LogP contribution in [0.2, 0.25) is 0 Å². The zero-order valence-corrected chi connectivity index (χ0v) is 10.4. The normalized spacial score (nSPS) is 25.1. The van der Waals surface area contributed by atoms with E-state index in [0.717, 1.165) is 19.3 Å². The second-order valence-electron chi connectivity index (χ2n) is 4.52. The van der Waals surface area contributed by atoms with E-state index in [0.29, 0.717) is 13.0 Å². The molecule has 4 N–H and O–H groups in total. The van der Waals surface area contributed by atoms with Crippen molar-refractivity contribution in [1.29, 1.82) is 0 Å². The summed E-state index contributed by atoms with van der Waals surface area (Å²) in [6.45, 7) is 4.20. The molecule has 0 spiro atoms. The molecule has 1 aliphatic rings. The minimum atomic E-state index is -0.827. The van der Waals surface area contributed by atoms with Gasteiger partial charge in [0.15, 0.2) is 5.84 Å². The van der Waals surface area contributed by atoms with Gasteiger partial charge < -0.3 is 21.0 Å². The average molecular weight is 243 g/mol. The summed E-state index contributed by atoms with van der Waals surface area (Å²) >= 11 is 0. The summed E-state index contributed by atoms with van der Waals surface area (Å²) in [7, 11) is 0. The van der Waals surface area contributed by atoms with Crippen LogP contribution >= 0.6 is 0 Å². The van der Waals surface area contributed by atoms with Crippen LogP contribution in [0.25, 0.3) is 0 Å². The number of nitrogens with zero attached hydrogens (tertiary/aromatic N) is 1. The maximum atomic E-state index is 12.0. The number of amidine groups is 1. The van der Waals surface area contributed by atoms with E-state index in [2.05, 4.69) is 10.5 Å². The van der Waals surface area contributed by atoms with Crippen LogP contribution in [0.1, 0.15) is 39.5 Å². The number of amides is 1. The van der Waals surface area contributed by atoms with Crippen molar-refractivity contribution in [2.75, 3.05) is 6.61 Å². The molecule has 0 aliphatic carbocycles. The van der Waals surface area contributed by atoms with Crippen LogP contribution in [-0.2, 0) is 9.53 Å². The highest BCUT2D eigenvalue weighted by Crippen LogP contribution is 2.15. The largest absolute Gasteiger partial charge is 0.409 e. The van der Waals surface area contributed by atoms with Crippen molar-refractivity contribution in [2.24, 2.45) is 10.9 Å². The molecule has 0 aromatic heterocycles. The Morgan fingerprint density at radius 2 is 2.35 bits per heavy atom. The van der Waals surface area contributed by atoms with Gasteiger partial charge in [0.05, 0.1) is 5.54 Å². The summed E-state index contributed by atoms with van der Waals surface area (Å²) in [6, 6.07) is 0. The summed E-state index contributed by atoms with van der Waals surface area (Å²) in [5.41, 5.74) is 4.76. The van der Waals surface area contributed by atoms with Gasteiger partial charge >= 0.3 is 0 Å². The van der Waals surface area contributed by atoms with Gasteiger partial charge in [-0.15, -0.1) is 0 Å². The van der Waals surface area contributed by atoms with Crippen LogP contribution in [0, 0.1) is 0 Å². The Bertz CT molecular complexity index is 300. The third kappa shape index (κ3) is 3.33. The van der Waals surface area contributed by atoms with E-state index in [4.69, 9.17) is 15.7 Å². The molecule has 2 atom stereocenters. The Hall–Kier alpha value is -1.30. The molecule has 6 heteroatoms. The van der Waals surface area contributed by atoms with Gasteiger partial charge in [-0.1, -0.05) is 12.1 Å². The van der Waals surface area contributed by atoms with Gasteiger partial charge in [0.25, 0.3) is 0 Å². The molecule has 1 amide bonds. The van der Waals surface area contributed by atoms with E-state index in [1.165, 1.54) is 0 Å². The monoisotopic (exact) mass is 243 g/mol. The first kappa shape index (κ1) is 13.8. The first-order chi connectivity index (χ1) is 8.03. The molecule has 0 aromatic rings. The summed E-state index contributed by atoms with van der Waals surface area (Å²) in [5, 5.41) is 14.5. The van der Waals surface area contributed by atoms with Crippen LogP contribution in [0.3, 0.4) is 0 Å². The lowest BCUT2D eigenvalue weighted by molar-refractivity contribution is -0.136. The van der Waals surface area contributed by atoms with Gasteiger partial charge in [-0.2, -0.15) is 0 Å². The summed E-state index contributed by atoms with van der Waals surface area (Å²) < 4.78 is 5.39. The first-order valence-corrected chi connectivity index (χ1v) is 5.95. The van der Waals surface area contributed by atoms with Crippen LogP contribution in [0.4, 0.5) is 0 Å². The van der Waals surface area contributed by atoms with Crippen molar-refractivity contribution >= 4 is 11.7 Å². The molecule has 6 nitrogen and oxygen atoms in total. The van der Waals surface area contributed by atoms with Gasteiger partial charge in [-0.3, -0.25) is 4.79 Å². The van der Waals surface area contributed by atoms with Crippen LogP contribution < -0.4 is 11.1 Å². The lowest BCUT2D eigenvalue weighted by Crippen LogP contribution is -2.57. The van der Waals surface area contributed by atoms with E-state index < -0.39 is 11.6 Å². The quantitative estimate of drug-likeness (QED) is 0.291. The number of rotatable bonds is 4. The highest BCUT2D eigenvalue weighted by Gasteiger charge is 2.33. The van der Waals surface area contributed by atoms with Crippen LogP contribution in [-0.4, -0.2) is 35.2 Å². The third-order valence-electron chi connectivity index (χ3n) is 3.25. The number of hydrogen-bond acceptors (Lipinski definition) is 4. The molecule has 0 aromatic carbocycles. The zero-order chi connectivity index (χ0) is 12.9. The minimum Gasteiger partial charge on any atom is -0.409 e. The SMILES string of the molecule is CCC(C)(NC(=O)C1CCCCO1)C(N)=NO.